The highest BCUT2D eigenvalue weighted by Gasteiger charge is 2.27. The number of hydrogen-bond donors (Lipinski definition) is 2. The Hall–Kier alpha value is -2.09. The van der Waals surface area contributed by atoms with E-state index in [4.69, 9.17) is 5.73 Å². The number of amides is 3. The number of aryl methyl sites for hydroxylation is 1. The van der Waals surface area contributed by atoms with Gasteiger partial charge in [-0.05, 0) is 37.5 Å². The molecule has 1 aliphatic rings. The molecule has 0 aliphatic carbocycles. The molecule has 126 valence electrons. The van der Waals surface area contributed by atoms with Crippen molar-refractivity contribution < 1.29 is 18.0 Å². The fourth-order valence-electron chi connectivity index (χ4n) is 2.67. The molecule has 1 aliphatic heterocycles. The minimum atomic E-state index is -3.36. The maximum Gasteiger partial charge on any atom is 0.321 e. The number of primary amides is 1. The second-order valence-corrected chi connectivity index (χ2v) is 7.85. The highest BCUT2D eigenvalue weighted by molar-refractivity contribution is 7.90. The molecule has 1 aromatic carbocycles. The van der Waals surface area contributed by atoms with Crippen LogP contribution in [0, 0.1) is 12.8 Å². The fraction of sp³-hybridized carbons (Fsp3) is 0.467. The summed E-state index contributed by atoms with van der Waals surface area (Å²) in [7, 11) is -3.36. The summed E-state index contributed by atoms with van der Waals surface area (Å²) < 4.78 is 23.5. The van der Waals surface area contributed by atoms with Gasteiger partial charge in [-0.25, -0.2) is 13.2 Å². The molecule has 0 aromatic heterocycles. The van der Waals surface area contributed by atoms with Gasteiger partial charge in [-0.15, -0.1) is 0 Å². The average molecular weight is 339 g/mol. The van der Waals surface area contributed by atoms with Gasteiger partial charge >= 0.3 is 6.03 Å². The first-order chi connectivity index (χ1) is 10.7. The number of rotatable bonds is 3. The molecule has 1 atom stereocenters. The zero-order chi connectivity index (χ0) is 17.2. The number of urea groups is 1. The van der Waals surface area contributed by atoms with Crippen LogP contribution in [-0.2, 0) is 14.6 Å². The molecular formula is C15H21N3O4S. The van der Waals surface area contributed by atoms with Gasteiger partial charge in [0, 0.05) is 25.0 Å². The highest BCUT2D eigenvalue weighted by Crippen LogP contribution is 2.21. The van der Waals surface area contributed by atoms with Crippen LogP contribution in [0.5, 0.6) is 0 Å². The Morgan fingerprint density at radius 2 is 2.04 bits per heavy atom. The van der Waals surface area contributed by atoms with E-state index in [1.807, 2.05) is 0 Å². The van der Waals surface area contributed by atoms with Gasteiger partial charge in [0.2, 0.25) is 5.91 Å². The molecule has 23 heavy (non-hydrogen) atoms. The summed E-state index contributed by atoms with van der Waals surface area (Å²) in [5.74, 6) is -0.740. The number of likely N-dealkylation sites (tertiary alicyclic amines) is 1. The van der Waals surface area contributed by atoms with Crippen LogP contribution in [-0.4, -0.2) is 44.6 Å². The van der Waals surface area contributed by atoms with Gasteiger partial charge in [-0.2, -0.15) is 0 Å². The van der Waals surface area contributed by atoms with Crippen LogP contribution in [0.3, 0.4) is 0 Å². The summed E-state index contributed by atoms with van der Waals surface area (Å²) in [5, 5.41) is 2.68. The van der Waals surface area contributed by atoms with Gasteiger partial charge < -0.3 is 16.0 Å². The maximum absolute atomic E-state index is 12.3. The standard InChI is InChI=1S/C15H21N3O4S/c1-10-5-6-12(8-13(10)23(2,21)22)17-15(20)18-7-3-4-11(9-18)14(16)19/h5-6,8,11H,3-4,7,9H2,1-2H3,(H2,16,19)(H,17,20). The molecule has 1 unspecified atom stereocenters. The van der Waals surface area contributed by atoms with Gasteiger partial charge in [0.05, 0.1) is 10.8 Å². The predicted octanol–water partition coefficient (Wildman–Crippen LogP) is 1.13. The lowest BCUT2D eigenvalue weighted by Gasteiger charge is -2.31. The van der Waals surface area contributed by atoms with Crippen molar-refractivity contribution in [1.29, 1.82) is 0 Å². The number of nitrogens with two attached hydrogens (primary N) is 1. The van der Waals surface area contributed by atoms with Crippen molar-refractivity contribution in [3.63, 3.8) is 0 Å². The third-order valence-corrected chi connectivity index (χ3v) is 5.19. The van der Waals surface area contributed by atoms with Gasteiger partial charge in [0.15, 0.2) is 9.84 Å². The molecule has 0 saturated carbocycles. The number of nitrogens with zero attached hydrogens (tertiary/aromatic N) is 1. The number of carbonyl (C=O) groups is 2. The average Bonchev–Trinajstić information content (AvgIpc) is 2.48. The molecule has 7 nitrogen and oxygen atoms in total. The summed E-state index contributed by atoms with van der Waals surface area (Å²) in [6, 6.07) is 4.38. The van der Waals surface area contributed by atoms with Crippen molar-refractivity contribution in [3.05, 3.63) is 23.8 Å². The second-order valence-electron chi connectivity index (χ2n) is 5.87. The van der Waals surface area contributed by atoms with Crippen molar-refractivity contribution in [2.24, 2.45) is 11.7 Å². The Bertz CT molecular complexity index is 730. The van der Waals surface area contributed by atoms with Gasteiger partial charge in [0.1, 0.15) is 0 Å². The molecular weight excluding hydrogens is 318 g/mol. The fourth-order valence-corrected chi connectivity index (χ4v) is 3.67. The molecule has 1 heterocycles. The van der Waals surface area contributed by atoms with Crippen LogP contribution in [0.2, 0.25) is 0 Å². The van der Waals surface area contributed by atoms with Crippen molar-refractivity contribution in [2.45, 2.75) is 24.7 Å². The molecule has 3 amide bonds. The van der Waals surface area contributed by atoms with E-state index >= 15 is 0 Å². The summed E-state index contributed by atoms with van der Waals surface area (Å²) >= 11 is 0. The summed E-state index contributed by atoms with van der Waals surface area (Å²) in [5.41, 5.74) is 6.33. The summed E-state index contributed by atoms with van der Waals surface area (Å²) in [6.45, 7) is 2.52. The van der Waals surface area contributed by atoms with E-state index in [1.54, 1.807) is 19.1 Å². The van der Waals surface area contributed by atoms with Crippen LogP contribution >= 0.6 is 0 Å². The van der Waals surface area contributed by atoms with Crippen LogP contribution in [0.15, 0.2) is 23.1 Å². The van der Waals surface area contributed by atoms with E-state index in [1.165, 1.54) is 11.0 Å². The number of carbonyl (C=O) groups excluding carboxylic acids is 2. The number of nitrogens with one attached hydrogen (secondary N) is 1. The first-order valence-corrected chi connectivity index (χ1v) is 9.23. The van der Waals surface area contributed by atoms with Gasteiger partial charge in [-0.3, -0.25) is 4.79 Å². The quantitative estimate of drug-likeness (QED) is 0.860. The normalized spacial score (nSPS) is 18.5. The van der Waals surface area contributed by atoms with Crippen molar-refractivity contribution >= 4 is 27.5 Å². The maximum atomic E-state index is 12.3. The number of anilines is 1. The van der Waals surface area contributed by atoms with Crippen molar-refractivity contribution in [3.8, 4) is 0 Å². The largest absolute Gasteiger partial charge is 0.369 e. The highest BCUT2D eigenvalue weighted by atomic mass is 32.2. The Labute approximate surface area is 135 Å². The van der Waals surface area contributed by atoms with Crippen molar-refractivity contribution in [2.75, 3.05) is 24.7 Å². The number of piperidine rings is 1. The monoisotopic (exact) mass is 339 g/mol. The molecule has 0 bridgehead atoms. The Morgan fingerprint density at radius 1 is 1.35 bits per heavy atom. The summed E-state index contributed by atoms with van der Waals surface area (Å²) in [4.78, 5) is 25.3. The topological polar surface area (TPSA) is 110 Å². The Kier molecular flexibility index (Phi) is 4.93. The molecule has 2 rings (SSSR count). The summed E-state index contributed by atoms with van der Waals surface area (Å²) in [6.07, 6.45) is 2.52. The lowest BCUT2D eigenvalue weighted by atomic mass is 9.98. The number of sulfone groups is 1. The minimum absolute atomic E-state index is 0.184. The van der Waals surface area contributed by atoms with Gasteiger partial charge in [0.25, 0.3) is 0 Å². The van der Waals surface area contributed by atoms with Crippen LogP contribution in [0.1, 0.15) is 18.4 Å². The van der Waals surface area contributed by atoms with E-state index in [9.17, 15) is 18.0 Å². The van der Waals surface area contributed by atoms with Crippen LogP contribution in [0.4, 0.5) is 10.5 Å². The molecule has 1 saturated heterocycles. The zero-order valence-corrected chi connectivity index (χ0v) is 14.0. The first-order valence-electron chi connectivity index (χ1n) is 7.34. The molecule has 1 aromatic rings. The molecule has 3 N–H and O–H groups in total. The van der Waals surface area contributed by atoms with Crippen LogP contribution in [0.25, 0.3) is 0 Å². The lowest BCUT2D eigenvalue weighted by molar-refractivity contribution is -0.123. The second kappa shape index (κ2) is 6.57. The van der Waals surface area contributed by atoms with Crippen molar-refractivity contribution in [1.82, 2.24) is 4.90 Å². The molecule has 8 heteroatoms. The Balaban J connectivity index is 2.13. The first kappa shape index (κ1) is 17.3. The number of hydrogen-bond acceptors (Lipinski definition) is 4. The molecule has 1 fully saturated rings. The van der Waals surface area contributed by atoms with Gasteiger partial charge in [-0.1, -0.05) is 6.07 Å². The Morgan fingerprint density at radius 3 is 2.65 bits per heavy atom. The van der Waals surface area contributed by atoms with E-state index in [-0.39, 0.29) is 23.4 Å². The predicted molar refractivity (Wildman–Crippen MR) is 86.8 cm³/mol. The van der Waals surface area contributed by atoms with E-state index in [0.717, 1.165) is 6.26 Å². The zero-order valence-electron chi connectivity index (χ0n) is 13.2. The van der Waals surface area contributed by atoms with E-state index in [0.29, 0.717) is 30.6 Å². The molecule has 0 spiro atoms. The smallest absolute Gasteiger partial charge is 0.321 e. The molecule has 0 radical (unpaired) electrons. The minimum Gasteiger partial charge on any atom is -0.369 e. The third kappa shape index (κ3) is 4.22. The number of benzene rings is 1. The van der Waals surface area contributed by atoms with Crippen LogP contribution < -0.4 is 11.1 Å². The van der Waals surface area contributed by atoms with E-state index in [2.05, 4.69) is 5.32 Å². The SMILES string of the molecule is Cc1ccc(NC(=O)N2CCCC(C(N)=O)C2)cc1S(C)(=O)=O. The third-order valence-electron chi connectivity index (χ3n) is 3.95. The van der Waals surface area contributed by atoms with E-state index < -0.39 is 15.7 Å². The lowest BCUT2D eigenvalue weighted by Crippen LogP contribution is -2.45.